The molecule has 2 amide bonds. The van der Waals surface area contributed by atoms with E-state index >= 15 is 0 Å². The van der Waals surface area contributed by atoms with E-state index < -0.39 is 0 Å². The van der Waals surface area contributed by atoms with E-state index in [1.165, 1.54) is 18.6 Å². The minimum atomic E-state index is -0.225. The monoisotopic (exact) mass is 311 g/mol. The lowest BCUT2D eigenvalue weighted by molar-refractivity contribution is 0.0697. The summed E-state index contributed by atoms with van der Waals surface area (Å²) >= 11 is 0. The molecule has 23 heavy (non-hydrogen) atoms. The first-order valence-corrected chi connectivity index (χ1v) is 7.50. The zero-order chi connectivity index (χ0) is 16.1. The fourth-order valence-corrected chi connectivity index (χ4v) is 2.58. The van der Waals surface area contributed by atoms with Crippen molar-refractivity contribution in [3.8, 4) is 0 Å². The number of likely N-dealkylation sites (tertiary alicyclic amines) is 1. The quantitative estimate of drug-likeness (QED) is 0.910. The molecular formula is C16H17N5O2. The van der Waals surface area contributed by atoms with Crippen molar-refractivity contribution in [3.63, 3.8) is 0 Å². The maximum Gasteiger partial charge on any atom is 0.271 e. The zero-order valence-electron chi connectivity index (χ0n) is 12.6. The Bertz CT molecular complexity index is 669. The van der Waals surface area contributed by atoms with Crippen LogP contribution in [0.4, 0.5) is 0 Å². The first-order chi connectivity index (χ1) is 11.2. The highest BCUT2D eigenvalue weighted by molar-refractivity contribution is 5.94. The second-order valence-electron chi connectivity index (χ2n) is 5.37. The van der Waals surface area contributed by atoms with Crippen LogP contribution in [0.2, 0.25) is 0 Å². The van der Waals surface area contributed by atoms with E-state index in [9.17, 15) is 9.59 Å². The molecule has 1 N–H and O–H groups in total. The van der Waals surface area contributed by atoms with Crippen LogP contribution in [0, 0.1) is 0 Å². The van der Waals surface area contributed by atoms with E-state index in [1.807, 2.05) is 0 Å². The molecule has 0 spiro atoms. The number of pyridine rings is 1. The van der Waals surface area contributed by atoms with Gasteiger partial charge < -0.3 is 10.2 Å². The summed E-state index contributed by atoms with van der Waals surface area (Å²) < 4.78 is 0. The van der Waals surface area contributed by atoms with Crippen molar-refractivity contribution in [2.45, 2.75) is 18.9 Å². The number of carbonyl (C=O) groups is 2. The fraction of sp³-hybridized carbons (Fsp3) is 0.312. The van der Waals surface area contributed by atoms with Crippen LogP contribution in [0.3, 0.4) is 0 Å². The van der Waals surface area contributed by atoms with E-state index in [0.717, 1.165) is 12.8 Å². The lowest BCUT2D eigenvalue weighted by atomic mass is 10.0. The lowest BCUT2D eigenvalue weighted by Crippen LogP contribution is -2.46. The van der Waals surface area contributed by atoms with Crippen molar-refractivity contribution in [3.05, 3.63) is 54.4 Å². The Hall–Kier alpha value is -2.83. The van der Waals surface area contributed by atoms with E-state index in [1.54, 1.807) is 29.4 Å². The van der Waals surface area contributed by atoms with Crippen molar-refractivity contribution in [1.29, 1.82) is 0 Å². The number of rotatable bonds is 3. The highest BCUT2D eigenvalue weighted by atomic mass is 16.2. The van der Waals surface area contributed by atoms with Crippen molar-refractivity contribution >= 4 is 11.8 Å². The average Bonchev–Trinajstić information content (AvgIpc) is 2.63. The van der Waals surface area contributed by atoms with Gasteiger partial charge in [-0.2, -0.15) is 0 Å². The van der Waals surface area contributed by atoms with Gasteiger partial charge in [-0.05, 0) is 25.0 Å². The minimum absolute atomic E-state index is 0.00565. The van der Waals surface area contributed by atoms with Gasteiger partial charge in [0, 0.05) is 49.5 Å². The zero-order valence-corrected chi connectivity index (χ0v) is 12.6. The Balaban J connectivity index is 1.53. The molecule has 1 aliphatic heterocycles. The van der Waals surface area contributed by atoms with Crippen LogP contribution in [0.15, 0.2) is 43.1 Å². The summed E-state index contributed by atoms with van der Waals surface area (Å²) in [5, 5.41) is 2.94. The molecule has 7 nitrogen and oxygen atoms in total. The molecule has 7 heteroatoms. The Morgan fingerprint density at radius 2 is 1.78 bits per heavy atom. The van der Waals surface area contributed by atoms with Gasteiger partial charge >= 0.3 is 0 Å². The maximum atomic E-state index is 12.3. The smallest absolute Gasteiger partial charge is 0.271 e. The summed E-state index contributed by atoms with van der Waals surface area (Å²) in [6.07, 6.45) is 9.14. The van der Waals surface area contributed by atoms with E-state index in [2.05, 4.69) is 20.3 Å². The highest BCUT2D eigenvalue weighted by Gasteiger charge is 2.25. The molecule has 0 radical (unpaired) electrons. The molecule has 0 aliphatic carbocycles. The maximum absolute atomic E-state index is 12.3. The summed E-state index contributed by atoms with van der Waals surface area (Å²) in [5.41, 5.74) is 0.949. The molecule has 1 fully saturated rings. The molecule has 1 saturated heterocycles. The molecule has 0 bridgehead atoms. The summed E-state index contributed by atoms with van der Waals surface area (Å²) in [6.45, 7) is 1.24. The van der Waals surface area contributed by atoms with Crippen LogP contribution < -0.4 is 5.32 Å². The van der Waals surface area contributed by atoms with Crippen molar-refractivity contribution in [1.82, 2.24) is 25.2 Å². The number of nitrogens with one attached hydrogen (secondary N) is 1. The molecule has 2 aromatic heterocycles. The van der Waals surface area contributed by atoms with Gasteiger partial charge in [0.05, 0.1) is 6.20 Å². The first-order valence-electron chi connectivity index (χ1n) is 7.50. The predicted molar refractivity (Wildman–Crippen MR) is 82.7 cm³/mol. The Morgan fingerprint density at radius 3 is 2.43 bits per heavy atom. The lowest BCUT2D eigenvalue weighted by Gasteiger charge is -2.32. The van der Waals surface area contributed by atoms with E-state index in [-0.39, 0.29) is 17.9 Å². The van der Waals surface area contributed by atoms with Gasteiger partial charge in [-0.1, -0.05) is 0 Å². The van der Waals surface area contributed by atoms with Crippen LogP contribution in [-0.4, -0.2) is 50.8 Å². The molecule has 2 aromatic rings. The largest absolute Gasteiger partial charge is 0.348 e. The number of piperidine rings is 1. The normalized spacial score (nSPS) is 15.2. The van der Waals surface area contributed by atoms with Gasteiger partial charge in [-0.15, -0.1) is 0 Å². The van der Waals surface area contributed by atoms with Crippen LogP contribution >= 0.6 is 0 Å². The molecule has 0 saturated carbocycles. The predicted octanol–water partition coefficient (Wildman–Crippen LogP) is 0.906. The van der Waals surface area contributed by atoms with Crippen LogP contribution in [0.25, 0.3) is 0 Å². The molecule has 0 unspecified atom stereocenters. The fourth-order valence-electron chi connectivity index (χ4n) is 2.58. The number of aromatic nitrogens is 3. The van der Waals surface area contributed by atoms with Crippen LogP contribution in [0.1, 0.15) is 33.7 Å². The second kappa shape index (κ2) is 6.95. The molecule has 0 aromatic carbocycles. The summed E-state index contributed by atoms with van der Waals surface area (Å²) in [5.74, 6) is -0.219. The Morgan fingerprint density at radius 1 is 1.04 bits per heavy atom. The summed E-state index contributed by atoms with van der Waals surface area (Å²) in [4.78, 5) is 38.0. The van der Waals surface area contributed by atoms with Crippen molar-refractivity contribution < 1.29 is 9.59 Å². The molecule has 118 valence electrons. The SMILES string of the molecule is O=C(NC1CCN(C(=O)c2ccncc2)CC1)c1cnccn1. The second-order valence-corrected chi connectivity index (χ2v) is 5.37. The summed E-state index contributed by atoms with van der Waals surface area (Å²) in [6, 6.07) is 3.47. The molecule has 3 rings (SSSR count). The van der Waals surface area contributed by atoms with Crippen LogP contribution in [0.5, 0.6) is 0 Å². The molecule has 1 aliphatic rings. The number of amides is 2. The van der Waals surface area contributed by atoms with Gasteiger partial charge in [0.1, 0.15) is 5.69 Å². The van der Waals surface area contributed by atoms with Crippen molar-refractivity contribution in [2.24, 2.45) is 0 Å². The standard InChI is InChI=1S/C16H17N5O2/c22-15(14-11-18-7-8-19-14)20-13-3-9-21(10-4-13)16(23)12-1-5-17-6-2-12/h1-2,5-8,11,13H,3-4,9-10H2,(H,20,22). The van der Waals surface area contributed by atoms with E-state index in [0.29, 0.717) is 24.3 Å². The number of nitrogens with zero attached hydrogens (tertiary/aromatic N) is 4. The molecule has 0 atom stereocenters. The Kier molecular flexibility index (Phi) is 4.56. The summed E-state index contributed by atoms with van der Waals surface area (Å²) in [7, 11) is 0. The Labute approximate surface area is 133 Å². The van der Waals surface area contributed by atoms with Gasteiger partial charge in [0.25, 0.3) is 11.8 Å². The highest BCUT2D eigenvalue weighted by Crippen LogP contribution is 2.14. The minimum Gasteiger partial charge on any atom is -0.348 e. The number of hydrogen-bond acceptors (Lipinski definition) is 5. The van der Waals surface area contributed by atoms with Gasteiger partial charge in [-0.3, -0.25) is 19.6 Å². The van der Waals surface area contributed by atoms with Crippen LogP contribution in [-0.2, 0) is 0 Å². The third kappa shape index (κ3) is 3.68. The molecular weight excluding hydrogens is 294 g/mol. The van der Waals surface area contributed by atoms with Gasteiger partial charge in [-0.25, -0.2) is 4.98 Å². The third-order valence-electron chi connectivity index (χ3n) is 3.84. The average molecular weight is 311 g/mol. The first kappa shape index (κ1) is 15.1. The third-order valence-corrected chi connectivity index (χ3v) is 3.84. The van der Waals surface area contributed by atoms with Crippen molar-refractivity contribution in [2.75, 3.05) is 13.1 Å². The topological polar surface area (TPSA) is 88.1 Å². The van der Waals surface area contributed by atoms with Gasteiger partial charge in [0.15, 0.2) is 0 Å². The van der Waals surface area contributed by atoms with Gasteiger partial charge in [0.2, 0.25) is 0 Å². The molecule has 3 heterocycles. The number of hydrogen-bond donors (Lipinski definition) is 1. The van der Waals surface area contributed by atoms with E-state index in [4.69, 9.17) is 0 Å². The number of carbonyl (C=O) groups excluding carboxylic acids is 2.